The summed E-state index contributed by atoms with van der Waals surface area (Å²) in [5.41, 5.74) is 0. The molecule has 3 aliphatic rings. The number of rotatable bonds is 3. The van der Waals surface area contributed by atoms with E-state index in [4.69, 9.17) is 0 Å². The fraction of sp³-hybridized carbons (Fsp3) is 1.00. The van der Waals surface area contributed by atoms with E-state index in [2.05, 4.69) is 12.2 Å². The quantitative estimate of drug-likeness (QED) is 0.748. The molecule has 1 N–H and O–H groups in total. The molecule has 3 saturated carbocycles. The highest BCUT2D eigenvalue weighted by atomic mass is 15.0. The molecule has 3 aliphatic carbocycles. The largest absolute Gasteiger partial charge is 0.311 e. The fourth-order valence-electron chi connectivity index (χ4n) is 4.49. The minimum absolute atomic E-state index is 0.795. The number of hydrogen-bond donors (Lipinski definition) is 1. The van der Waals surface area contributed by atoms with E-state index < -0.39 is 0 Å². The normalized spacial score (nSPS) is 42.6. The Morgan fingerprint density at radius 3 is 2.40 bits per heavy atom. The van der Waals surface area contributed by atoms with Gasteiger partial charge in [-0.1, -0.05) is 19.3 Å². The second-order valence-corrected chi connectivity index (χ2v) is 6.28. The summed E-state index contributed by atoms with van der Waals surface area (Å²) in [5.74, 6) is 3.20. The van der Waals surface area contributed by atoms with Crippen molar-refractivity contribution in [2.75, 3.05) is 0 Å². The van der Waals surface area contributed by atoms with Gasteiger partial charge in [0, 0.05) is 12.1 Å². The maximum Gasteiger partial charge on any atom is 0.00723 e. The van der Waals surface area contributed by atoms with Gasteiger partial charge < -0.3 is 5.32 Å². The van der Waals surface area contributed by atoms with E-state index in [9.17, 15) is 0 Å². The SMILES string of the molecule is CC(NC1CCCC1)C1CC2CCC1C2. The molecule has 2 bridgehead atoms. The van der Waals surface area contributed by atoms with Crippen LogP contribution in [0, 0.1) is 17.8 Å². The Hall–Kier alpha value is -0.0400. The molecule has 86 valence electrons. The van der Waals surface area contributed by atoms with Gasteiger partial charge in [-0.3, -0.25) is 0 Å². The van der Waals surface area contributed by atoms with Gasteiger partial charge in [-0.15, -0.1) is 0 Å². The van der Waals surface area contributed by atoms with Crippen LogP contribution >= 0.6 is 0 Å². The molecule has 0 saturated heterocycles. The zero-order valence-electron chi connectivity index (χ0n) is 10.0. The number of hydrogen-bond acceptors (Lipinski definition) is 1. The van der Waals surface area contributed by atoms with E-state index in [-0.39, 0.29) is 0 Å². The van der Waals surface area contributed by atoms with Crippen molar-refractivity contribution in [1.29, 1.82) is 0 Å². The van der Waals surface area contributed by atoms with Gasteiger partial charge in [0.25, 0.3) is 0 Å². The third-order valence-corrected chi connectivity index (χ3v) is 5.29. The zero-order chi connectivity index (χ0) is 10.3. The first-order valence-corrected chi connectivity index (χ1v) is 7.09. The van der Waals surface area contributed by atoms with Crippen LogP contribution < -0.4 is 5.32 Å². The van der Waals surface area contributed by atoms with Gasteiger partial charge in [-0.2, -0.15) is 0 Å². The molecule has 0 aromatic rings. The lowest BCUT2D eigenvalue weighted by atomic mass is 9.83. The van der Waals surface area contributed by atoms with Gasteiger partial charge in [-0.05, 0) is 56.8 Å². The van der Waals surface area contributed by atoms with E-state index in [0.717, 1.165) is 29.8 Å². The first-order chi connectivity index (χ1) is 7.33. The zero-order valence-corrected chi connectivity index (χ0v) is 10.0. The minimum atomic E-state index is 0.795. The molecule has 1 nitrogen and oxygen atoms in total. The Morgan fingerprint density at radius 2 is 1.80 bits per heavy atom. The van der Waals surface area contributed by atoms with E-state index in [1.54, 1.807) is 6.42 Å². The lowest BCUT2D eigenvalue weighted by Gasteiger charge is -2.30. The predicted octanol–water partition coefficient (Wildman–Crippen LogP) is 3.34. The Kier molecular flexibility index (Phi) is 2.76. The first kappa shape index (κ1) is 10.1. The van der Waals surface area contributed by atoms with Crippen LogP contribution in [0.1, 0.15) is 58.3 Å². The van der Waals surface area contributed by atoms with Gasteiger partial charge in [0.2, 0.25) is 0 Å². The van der Waals surface area contributed by atoms with Gasteiger partial charge in [0.15, 0.2) is 0 Å². The summed E-state index contributed by atoms with van der Waals surface area (Å²) in [4.78, 5) is 0. The molecule has 0 spiro atoms. The summed E-state index contributed by atoms with van der Waals surface area (Å²) in [7, 11) is 0. The molecule has 0 aliphatic heterocycles. The summed E-state index contributed by atoms with van der Waals surface area (Å²) in [6.45, 7) is 2.45. The molecule has 0 aromatic heterocycles. The van der Waals surface area contributed by atoms with Crippen LogP contribution in [0.2, 0.25) is 0 Å². The molecule has 15 heavy (non-hydrogen) atoms. The van der Waals surface area contributed by atoms with Crippen molar-refractivity contribution >= 4 is 0 Å². The maximum atomic E-state index is 3.91. The third kappa shape index (κ3) is 1.95. The van der Waals surface area contributed by atoms with Crippen LogP contribution in [0.15, 0.2) is 0 Å². The average Bonchev–Trinajstić information content (AvgIpc) is 2.93. The van der Waals surface area contributed by atoms with Crippen LogP contribution in [0.5, 0.6) is 0 Å². The highest BCUT2D eigenvalue weighted by Crippen LogP contribution is 2.49. The van der Waals surface area contributed by atoms with Crippen molar-refractivity contribution in [2.45, 2.75) is 70.4 Å². The standard InChI is InChI=1S/C14H25N/c1-10(15-13-4-2-3-5-13)14-9-11-6-7-12(14)8-11/h10-15H,2-9H2,1H3. The smallest absolute Gasteiger partial charge is 0.00723 e. The van der Waals surface area contributed by atoms with Crippen molar-refractivity contribution in [2.24, 2.45) is 17.8 Å². The van der Waals surface area contributed by atoms with E-state index >= 15 is 0 Å². The molecule has 0 radical (unpaired) electrons. The number of fused-ring (bicyclic) bond motifs is 2. The summed E-state index contributed by atoms with van der Waals surface area (Å²) in [6, 6.07) is 1.66. The average molecular weight is 207 g/mol. The molecule has 0 heterocycles. The topological polar surface area (TPSA) is 12.0 Å². The Labute approximate surface area is 94.0 Å². The molecule has 0 amide bonds. The molecular weight excluding hydrogens is 182 g/mol. The van der Waals surface area contributed by atoms with Crippen molar-refractivity contribution < 1.29 is 0 Å². The number of nitrogens with one attached hydrogen (secondary N) is 1. The van der Waals surface area contributed by atoms with Crippen LogP contribution in [-0.4, -0.2) is 12.1 Å². The van der Waals surface area contributed by atoms with Crippen LogP contribution in [-0.2, 0) is 0 Å². The molecule has 0 aromatic carbocycles. The summed E-state index contributed by atoms with van der Waals surface area (Å²) >= 11 is 0. The maximum absolute atomic E-state index is 3.91. The van der Waals surface area contributed by atoms with Crippen LogP contribution in [0.4, 0.5) is 0 Å². The molecule has 3 fully saturated rings. The van der Waals surface area contributed by atoms with Crippen molar-refractivity contribution in [3.05, 3.63) is 0 Å². The van der Waals surface area contributed by atoms with E-state index in [1.165, 1.54) is 44.9 Å². The summed E-state index contributed by atoms with van der Waals surface area (Å²) in [6.07, 6.45) is 12.0. The highest BCUT2D eigenvalue weighted by Gasteiger charge is 2.42. The molecule has 4 atom stereocenters. The van der Waals surface area contributed by atoms with Gasteiger partial charge in [0.05, 0.1) is 0 Å². The predicted molar refractivity (Wildman–Crippen MR) is 63.8 cm³/mol. The molecular formula is C14H25N. The second kappa shape index (κ2) is 4.08. The van der Waals surface area contributed by atoms with Crippen molar-refractivity contribution in [3.63, 3.8) is 0 Å². The highest BCUT2D eigenvalue weighted by molar-refractivity contribution is 4.95. The summed E-state index contributed by atoms with van der Waals surface area (Å²) < 4.78 is 0. The van der Waals surface area contributed by atoms with Crippen molar-refractivity contribution in [3.8, 4) is 0 Å². The Balaban J connectivity index is 1.53. The second-order valence-electron chi connectivity index (χ2n) is 6.28. The van der Waals surface area contributed by atoms with E-state index in [1.807, 2.05) is 0 Å². The van der Waals surface area contributed by atoms with E-state index in [0.29, 0.717) is 0 Å². The Bertz CT molecular complexity index is 219. The van der Waals surface area contributed by atoms with Crippen LogP contribution in [0.3, 0.4) is 0 Å². The van der Waals surface area contributed by atoms with Gasteiger partial charge in [-0.25, -0.2) is 0 Å². The van der Waals surface area contributed by atoms with Crippen LogP contribution in [0.25, 0.3) is 0 Å². The molecule has 4 unspecified atom stereocenters. The Morgan fingerprint density at radius 1 is 1.00 bits per heavy atom. The minimum Gasteiger partial charge on any atom is -0.311 e. The summed E-state index contributed by atoms with van der Waals surface area (Å²) in [5, 5.41) is 3.91. The third-order valence-electron chi connectivity index (χ3n) is 5.29. The molecule has 3 rings (SSSR count). The fourth-order valence-corrected chi connectivity index (χ4v) is 4.49. The van der Waals surface area contributed by atoms with Gasteiger partial charge >= 0.3 is 0 Å². The lowest BCUT2D eigenvalue weighted by molar-refractivity contribution is 0.245. The first-order valence-electron chi connectivity index (χ1n) is 7.09. The monoisotopic (exact) mass is 207 g/mol. The van der Waals surface area contributed by atoms with Crippen molar-refractivity contribution in [1.82, 2.24) is 5.32 Å². The lowest BCUT2D eigenvalue weighted by Crippen LogP contribution is -2.41. The molecule has 1 heteroatoms. The van der Waals surface area contributed by atoms with Gasteiger partial charge in [0.1, 0.15) is 0 Å².